The molecule has 4 aromatic heterocycles. The van der Waals surface area contributed by atoms with Crippen LogP contribution in [-0.2, 0) is 69.1 Å². The smallest absolute Gasteiger partial charge is 0.355 e. The number of aryl methyl sites for hydroxylation is 4. The highest BCUT2D eigenvalue weighted by atomic mass is 31.2. The number of rotatable bonds is 16. The Labute approximate surface area is 441 Å². The van der Waals surface area contributed by atoms with Gasteiger partial charge in [-0.25, -0.2) is 18.5 Å². The Morgan fingerprint density at radius 1 is 0.564 bits per heavy atom. The number of benzene rings is 4. The van der Waals surface area contributed by atoms with E-state index < -0.39 is 50.5 Å². The predicted molar refractivity (Wildman–Crippen MR) is 272 cm³/mol. The zero-order valence-corrected chi connectivity index (χ0v) is 43.5. The van der Waals surface area contributed by atoms with Crippen molar-refractivity contribution in [3.8, 4) is 56.5 Å². The topological polar surface area (TPSA) is 273 Å². The van der Waals surface area contributed by atoms with Crippen LogP contribution in [0.3, 0.4) is 0 Å². The van der Waals surface area contributed by atoms with Crippen LogP contribution in [0.4, 0.5) is 26.3 Å². The van der Waals surface area contributed by atoms with Crippen LogP contribution in [0.25, 0.3) is 56.5 Å². The molecule has 10 rings (SSSR count). The van der Waals surface area contributed by atoms with E-state index in [0.29, 0.717) is 73.9 Å². The van der Waals surface area contributed by atoms with E-state index in [1.54, 1.807) is 74.5 Å². The Morgan fingerprint density at radius 2 is 0.936 bits per heavy atom. The Kier molecular flexibility index (Phi) is 15.5. The molecule has 0 radical (unpaired) electrons. The van der Waals surface area contributed by atoms with Gasteiger partial charge in [-0.2, -0.15) is 36.5 Å². The van der Waals surface area contributed by atoms with Crippen LogP contribution in [0.5, 0.6) is 0 Å². The van der Waals surface area contributed by atoms with Gasteiger partial charge in [-0.3, -0.25) is 9.05 Å². The first-order chi connectivity index (χ1) is 36.6. The highest BCUT2D eigenvalue weighted by Gasteiger charge is 2.43. The second-order valence-corrected chi connectivity index (χ2v) is 22.3. The molecule has 4 heterocycles. The normalized spacial score (nSPS) is 15.1. The molecule has 8 aromatic rings. The monoisotopic (exact) mass is 1120 g/mol. The molecule has 0 unspecified atom stereocenters. The summed E-state index contributed by atoms with van der Waals surface area (Å²) in [6.45, 7) is 2.71. The lowest BCUT2D eigenvalue weighted by molar-refractivity contribution is -0.143. The summed E-state index contributed by atoms with van der Waals surface area (Å²) >= 11 is 0. The van der Waals surface area contributed by atoms with E-state index in [1.807, 2.05) is 36.4 Å². The van der Waals surface area contributed by atoms with Crippen molar-refractivity contribution in [1.29, 1.82) is 0 Å². The average molecular weight is 1120 g/mol. The van der Waals surface area contributed by atoms with Gasteiger partial charge in [-0.05, 0) is 112 Å². The van der Waals surface area contributed by atoms with Crippen LogP contribution in [0, 0.1) is 0 Å². The van der Waals surface area contributed by atoms with Gasteiger partial charge in [0.1, 0.15) is 11.4 Å². The van der Waals surface area contributed by atoms with Gasteiger partial charge in [0, 0.05) is 33.3 Å². The van der Waals surface area contributed by atoms with Gasteiger partial charge >= 0.3 is 28.0 Å². The van der Waals surface area contributed by atoms with E-state index in [2.05, 4.69) is 29.6 Å². The molecule has 0 amide bonds. The fourth-order valence-electron chi connectivity index (χ4n) is 9.50. The van der Waals surface area contributed by atoms with Gasteiger partial charge in [0.2, 0.25) is 0 Å². The third kappa shape index (κ3) is 12.8. The molecule has 78 heavy (non-hydrogen) atoms. The first kappa shape index (κ1) is 56.2. The fourth-order valence-corrected chi connectivity index (χ4v) is 10.4. The van der Waals surface area contributed by atoms with E-state index in [1.165, 1.54) is 0 Å². The maximum Gasteiger partial charge on any atom is 0.469 e. The van der Waals surface area contributed by atoms with E-state index in [0.717, 1.165) is 55.1 Å². The number of alkyl halides is 6. The summed E-state index contributed by atoms with van der Waals surface area (Å²) in [4.78, 5) is 35.7. The second kappa shape index (κ2) is 21.6. The van der Waals surface area contributed by atoms with Crippen molar-refractivity contribution in [1.82, 2.24) is 29.9 Å². The van der Waals surface area contributed by atoms with Crippen LogP contribution < -0.4 is 11.5 Å². The molecule has 0 aliphatic heterocycles. The number of nitrogens with zero attached hydrogens (tertiary/aromatic N) is 6. The minimum atomic E-state index is -4.68. The first-order valence-corrected chi connectivity index (χ1v) is 27.3. The molecule has 4 aromatic carbocycles. The van der Waals surface area contributed by atoms with Gasteiger partial charge in [0.15, 0.2) is 22.9 Å². The van der Waals surface area contributed by atoms with Crippen LogP contribution in [0.2, 0.25) is 0 Å². The summed E-state index contributed by atoms with van der Waals surface area (Å²) in [5.74, 6) is 0.108. The van der Waals surface area contributed by atoms with Crippen molar-refractivity contribution in [3.05, 3.63) is 154 Å². The van der Waals surface area contributed by atoms with Crippen molar-refractivity contribution in [2.45, 2.75) is 88.6 Å². The molecule has 0 saturated heterocycles. The molecule has 2 aliphatic carbocycles. The highest BCUT2D eigenvalue weighted by Crippen LogP contribution is 2.47. The van der Waals surface area contributed by atoms with Crippen LogP contribution >= 0.6 is 15.6 Å². The number of hydrogen-bond acceptors (Lipinski definition) is 12. The van der Waals surface area contributed by atoms with Crippen LogP contribution in [-0.4, -0.2) is 73.7 Å². The molecule has 0 bridgehead atoms. The number of nitrogens with two attached hydrogens (primary N) is 2. The lowest BCUT2D eigenvalue weighted by atomic mass is 9.86. The maximum atomic E-state index is 14.2. The summed E-state index contributed by atoms with van der Waals surface area (Å²) in [5, 5.41) is 16.4. The Bertz CT molecular complexity index is 3320. The van der Waals surface area contributed by atoms with E-state index in [4.69, 9.17) is 40.1 Å². The number of halogens is 6. The fraction of sp³-hybridized carbons (Fsp3) is 0.308. The molecule has 412 valence electrons. The lowest BCUT2D eigenvalue weighted by Crippen LogP contribution is -2.41. The molecule has 26 heteroatoms. The van der Waals surface area contributed by atoms with Crippen LogP contribution in [0.1, 0.15) is 71.5 Å². The van der Waals surface area contributed by atoms with Gasteiger partial charge in [-0.15, -0.1) is 0 Å². The van der Waals surface area contributed by atoms with E-state index in [-0.39, 0.29) is 47.2 Å². The zero-order valence-electron chi connectivity index (χ0n) is 41.7. The second-order valence-electron chi connectivity index (χ2n) is 19.8. The van der Waals surface area contributed by atoms with Crippen molar-refractivity contribution in [3.63, 3.8) is 0 Å². The molecule has 0 fully saturated rings. The minimum Gasteiger partial charge on any atom is -0.355 e. The van der Waals surface area contributed by atoms with Crippen molar-refractivity contribution in [2.75, 3.05) is 13.2 Å². The molecule has 18 nitrogen and oxygen atoms in total. The minimum absolute atomic E-state index is 0.0539. The van der Waals surface area contributed by atoms with Gasteiger partial charge in [0.05, 0.1) is 48.1 Å². The molecular formula is C52H52F6N8O10P2. The molecule has 2 atom stereocenters. The van der Waals surface area contributed by atoms with Gasteiger partial charge < -0.3 is 40.1 Å². The first-order valence-electron chi connectivity index (χ1n) is 24.3. The number of phosphoric ester groups is 2. The number of para-hydroxylation sites is 2. The van der Waals surface area contributed by atoms with E-state index >= 15 is 0 Å². The lowest BCUT2D eigenvalue weighted by Gasteiger charge is -2.25. The van der Waals surface area contributed by atoms with Crippen molar-refractivity contribution < 1.29 is 73.1 Å². The number of hydrogen-bond donors (Lipinski definition) is 6. The summed E-state index contributed by atoms with van der Waals surface area (Å²) < 4.78 is 129. The molecule has 0 saturated carbocycles. The zero-order chi connectivity index (χ0) is 56.0. The third-order valence-electron chi connectivity index (χ3n) is 13.4. The van der Waals surface area contributed by atoms with Gasteiger partial charge in [-0.1, -0.05) is 83.1 Å². The molecule has 2 aliphatic rings. The standard InChI is InChI=1S/2C26H26F3N4O5P/c2*1-25(30,15-37-39(34,35)36)12-11-16-7-9-19-17(13-16)8-10-20-22(19)32-38-23(20)21-14-31-33(24(21)26(27,28)29)18-5-3-2-4-6-18/h2*2-7,9,13-14H,8,10-12,15,30H2,1H3,(H2,34,35,36)/t2*25-/m10/s1. The highest BCUT2D eigenvalue weighted by molar-refractivity contribution is 7.46. The SMILES string of the molecule is C[C@@](N)(CCc1ccc2c(c1)CCc1c-2noc1-c1cnn(-c2ccccc2)c1C(F)(F)F)COP(=O)(O)O.C[C@](N)(CCc1ccc2c(c1)CCc1c-2noc1-c1cnn(-c2ccccc2)c1C(F)(F)F)COP(=O)(O)O. The van der Waals surface area contributed by atoms with Crippen molar-refractivity contribution >= 4 is 15.6 Å². The molecular weight excluding hydrogens is 1070 g/mol. The summed E-state index contributed by atoms with van der Waals surface area (Å²) in [5.41, 5.74) is 16.3. The van der Waals surface area contributed by atoms with E-state index in [9.17, 15) is 35.5 Å². The number of fused-ring (bicyclic) bond motifs is 6. The Morgan fingerprint density at radius 3 is 1.28 bits per heavy atom. The maximum absolute atomic E-state index is 14.2. The van der Waals surface area contributed by atoms with Gasteiger partial charge in [0.25, 0.3) is 0 Å². The predicted octanol–water partition coefficient (Wildman–Crippen LogP) is 10.1. The third-order valence-corrected chi connectivity index (χ3v) is 14.3. The van der Waals surface area contributed by atoms with Crippen molar-refractivity contribution in [2.24, 2.45) is 11.5 Å². The Balaban J connectivity index is 0.000000190. The molecule has 0 spiro atoms. The number of phosphoric acid groups is 2. The quantitative estimate of drug-likeness (QED) is 0.0388. The summed E-state index contributed by atoms with van der Waals surface area (Å²) in [7, 11) is -9.23. The largest absolute Gasteiger partial charge is 0.469 e. The van der Waals surface area contributed by atoms with Crippen LogP contribution in [0.15, 0.2) is 119 Å². The summed E-state index contributed by atoms with van der Waals surface area (Å²) in [6, 6.07) is 27.6. The molecule has 8 N–H and O–H groups in total. The average Bonchev–Trinajstić information content (AvgIpc) is 4.32. The Hall–Kier alpha value is -6.56. The number of aromatic nitrogens is 6. The summed E-state index contributed by atoms with van der Waals surface area (Å²) in [6.07, 6.45) is -3.14.